The molecule has 4 aliphatic rings. The van der Waals surface area contributed by atoms with Crippen LogP contribution in [0.15, 0.2) is 24.3 Å². The molecule has 0 spiro atoms. The molecule has 0 saturated carbocycles. The minimum atomic E-state index is 0.100. The molecule has 4 aliphatic heterocycles. The van der Waals surface area contributed by atoms with Crippen LogP contribution in [0.25, 0.3) is 0 Å². The van der Waals surface area contributed by atoms with Crippen molar-refractivity contribution in [3.8, 4) is 11.8 Å². The number of hydrogen-bond acceptors (Lipinski definition) is 4. The lowest BCUT2D eigenvalue weighted by molar-refractivity contribution is 0.135. The van der Waals surface area contributed by atoms with Gasteiger partial charge in [-0.3, -0.25) is 0 Å². The highest BCUT2D eigenvalue weighted by molar-refractivity contribution is 5.75. The molecule has 30 heavy (non-hydrogen) atoms. The Kier molecular flexibility index (Phi) is 5.81. The summed E-state index contributed by atoms with van der Waals surface area (Å²) in [5.41, 5.74) is 1.36. The summed E-state index contributed by atoms with van der Waals surface area (Å²) in [6, 6.07) is 11.2. The number of fused-ring (bicyclic) bond motifs is 4. The number of carbonyl (C=O) groups excluding carboxylic acids is 1. The van der Waals surface area contributed by atoms with Gasteiger partial charge in [-0.1, -0.05) is 13.8 Å². The third-order valence-corrected chi connectivity index (χ3v) is 7.12. The molecule has 2 amide bonds. The average molecular weight is 411 g/mol. The summed E-state index contributed by atoms with van der Waals surface area (Å²) in [7, 11) is 0. The van der Waals surface area contributed by atoms with Crippen LogP contribution < -0.4 is 9.64 Å². The van der Waals surface area contributed by atoms with Gasteiger partial charge in [-0.25, -0.2) is 4.79 Å². The van der Waals surface area contributed by atoms with Crippen LogP contribution >= 0.6 is 0 Å². The van der Waals surface area contributed by atoms with Crippen LogP contribution in [0.1, 0.15) is 40.0 Å². The lowest BCUT2D eigenvalue weighted by atomic mass is 9.73. The quantitative estimate of drug-likeness (QED) is 0.756. The predicted molar refractivity (Wildman–Crippen MR) is 118 cm³/mol. The van der Waals surface area contributed by atoms with Gasteiger partial charge in [-0.2, -0.15) is 5.26 Å². The lowest BCUT2D eigenvalue weighted by Crippen LogP contribution is -2.55. The van der Waals surface area contributed by atoms with E-state index in [1.807, 2.05) is 24.0 Å². The Hall–Kier alpha value is -2.42. The first-order valence-electron chi connectivity index (χ1n) is 11.3. The fourth-order valence-corrected chi connectivity index (χ4v) is 5.58. The minimum absolute atomic E-state index is 0.100. The van der Waals surface area contributed by atoms with Gasteiger partial charge in [0.1, 0.15) is 5.75 Å². The molecule has 0 radical (unpaired) electrons. The van der Waals surface area contributed by atoms with Crippen molar-refractivity contribution in [3.63, 3.8) is 0 Å². The summed E-state index contributed by atoms with van der Waals surface area (Å²) in [6.45, 7) is 11.3. The van der Waals surface area contributed by atoms with Gasteiger partial charge in [-0.15, -0.1) is 0 Å². The summed E-state index contributed by atoms with van der Waals surface area (Å²) < 4.78 is 5.61. The summed E-state index contributed by atoms with van der Waals surface area (Å²) in [5.74, 6) is 1.47. The Morgan fingerprint density at radius 1 is 1.13 bits per heavy atom. The number of likely N-dealkylation sites (tertiary alicyclic amines) is 1. The molecule has 6 nitrogen and oxygen atoms in total. The Labute approximate surface area is 180 Å². The number of nitrogens with zero attached hydrogens (tertiary/aromatic N) is 4. The zero-order valence-electron chi connectivity index (χ0n) is 18.5. The standard InChI is InChI=1S/C24H34N4O2/c1-4-30-21-7-5-20(6-8-21)28-16-19-13-24(2,3)22(28)17-27(15-19)23(29)26-11-9-18(14-25)10-12-26/h5-8,18-19,22H,4,9-13,15-17H2,1-3H3. The number of piperidine rings is 2. The maximum absolute atomic E-state index is 13.3. The van der Waals surface area contributed by atoms with Crippen molar-refractivity contribution in [3.05, 3.63) is 24.3 Å². The first-order chi connectivity index (χ1) is 14.4. The molecule has 6 heteroatoms. The number of benzene rings is 1. The predicted octanol–water partition coefficient (Wildman–Crippen LogP) is 3.98. The summed E-state index contributed by atoms with van der Waals surface area (Å²) in [5, 5.41) is 9.14. The molecule has 2 atom stereocenters. The number of carbonyl (C=O) groups is 1. The van der Waals surface area contributed by atoms with Crippen LogP contribution in [0.5, 0.6) is 5.75 Å². The highest BCUT2D eigenvalue weighted by Crippen LogP contribution is 2.43. The van der Waals surface area contributed by atoms with Crippen molar-refractivity contribution >= 4 is 11.7 Å². The molecule has 1 aromatic carbocycles. The molecule has 1 aromatic rings. The topological polar surface area (TPSA) is 59.8 Å². The second-order valence-corrected chi connectivity index (χ2v) is 9.73. The zero-order valence-corrected chi connectivity index (χ0v) is 18.5. The number of anilines is 1. The molecule has 0 N–H and O–H groups in total. The molecular formula is C24H34N4O2. The van der Waals surface area contributed by atoms with Gasteiger partial charge < -0.3 is 19.4 Å². The average Bonchev–Trinajstić information content (AvgIpc) is 3.01. The molecule has 4 heterocycles. The van der Waals surface area contributed by atoms with E-state index in [1.165, 1.54) is 5.69 Å². The van der Waals surface area contributed by atoms with E-state index in [4.69, 9.17) is 10.00 Å². The summed E-state index contributed by atoms with van der Waals surface area (Å²) >= 11 is 0. The van der Waals surface area contributed by atoms with Crippen molar-refractivity contribution in [2.75, 3.05) is 44.2 Å². The number of ether oxygens (including phenoxy) is 1. The highest BCUT2D eigenvalue weighted by atomic mass is 16.5. The van der Waals surface area contributed by atoms with Crippen LogP contribution in [-0.4, -0.2) is 61.2 Å². The SMILES string of the molecule is CCOc1ccc(N2CC3CN(C(=O)N4CCC(C#N)CC4)CC2C(C)(C)C3)cc1. The van der Waals surface area contributed by atoms with E-state index in [0.29, 0.717) is 25.6 Å². The molecule has 0 aromatic heterocycles. The Bertz CT molecular complexity index is 792. The third-order valence-electron chi connectivity index (χ3n) is 7.12. The number of nitriles is 1. The van der Waals surface area contributed by atoms with E-state index in [9.17, 15) is 4.79 Å². The van der Waals surface area contributed by atoms with E-state index in [2.05, 4.69) is 41.8 Å². The van der Waals surface area contributed by atoms with Crippen LogP contribution in [0.3, 0.4) is 0 Å². The van der Waals surface area contributed by atoms with Gasteiger partial charge in [0, 0.05) is 44.3 Å². The lowest BCUT2D eigenvalue weighted by Gasteiger charge is -2.48. The fourth-order valence-electron chi connectivity index (χ4n) is 5.58. The Morgan fingerprint density at radius 3 is 2.47 bits per heavy atom. The molecular weight excluding hydrogens is 376 g/mol. The fraction of sp³-hybridized carbons (Fsp3) is 0.667. The molecule has 5 rings (SSSR count). The van der Waals surface area contributed by atoms with Gasteiger partial charge in [0.2, 0.25) is 0 Å². The van der Waals surface area contributed by atoms with Crippen LogP contribution in [0.2, 0.25) is 0 Å². The van der Waals surface area contributed by atoms with E-state index in [-0.39, 0.29) is 23.4 Å². The maximum atomic E-state index is 13.3. The normalized spacial score (nSPS) is 26.3. The van der Waals surface area contributed by atoms with Crippen molar-refractivity contribution in [1.29, 1.82) is 5.26 Å². The smallest absolute Gasteiger partial charge is 0.320 e. The Balaban J connectivity index is 1.51. The zero-order chi connectivity index (χ0) is 21.3. The van der Waals surface area contributed by atoms with Gasteiger partial charge in [0.05, 0.1) is 18.7 Å². The largest absolute Gasteiger partial charge is 0.494 e. The van der Waals surface area contributed by atoms with Crippen molar-refractivity contribution in [2.45, 2.75) is 46.1 Å². The van der Waals surface area contributed by atoms with Crippen LogP contribution in [-0.2, 0) is 0 Å². The number of hydrogen-bond donors (Lipinski definition) is 0. The Morgan fingerprint density at radius 2 is 1.83 bits per heavy atom. The molecule has 4 fully saturated rings. The third kappa shape index (κ3) is 4.08. The first kappa shape index (κ1) is 20.8. The van der Waals surface area contributed by atoms with Gasteiger partial charge in [0.25, 0.3) is 0 Å². The maximum Gasteiger partial charge on any atom is 0.320 e. The van der Waals surface area contributed by atoms with E-state index >= 15 is 0 Å². The molecule has 162 valence electrons. The highest BCUT2D eigenvalue weighted by Gasteiger charge is 2.47. The second kappa shape index (κ2) is 8.37. The van der Waals surface area contributed by atoms with Crippen molar-refractivity contribution in [1.82, 2.24) is 9.80 Å². The van der Waals surface area contributed by atoms with Crippen LogP contribution in [0, 0.1) is 28.6 Å². The second-order valence-electron chi connectivity index (χ2n) is 9.73. The van der Waals surface area contributed by atoms with Gasteiger partial charge in [0.15, 0.2) is 0 Å². The summed E-state index contributed by atoms with van der Waals surface area (Å²) in [4.78, 5) is 19.9. The molecule has 2 unspecified atom stereocenters. The van der Waals surface area contributed by atoms with E-state index in [0.717, 1.165) is 44.6 Å². The first-order valence-corrected chi connectivity index (χ1v) is 11.3. The molecule has 0 aliphatic carbocycles. The van der Waals surface area contributed by atoms with Crippen LogP contribution in [0.4, 0.5) is 10.5 Å². The van der Waals surface area contributed by atoms with Crippen molar-refractivity contribution in [2.24, 2.45) is 17.3 Å². The number of amides is 2. The van der Waals surface area contributed by atoms with Gasteiger partial charge >= 0.3 is 6.03 Å². The molecule has 4 saturated heterocycles. The minimum Gasteiger partial charge on any atom is -0.494 e. The van der Waals surface area contributed by atoms with E-state index < -0.39 is 0 Å². The number of urea groups is 1. The van der Waals surface area contributed by atoms with E-state index in [1.54, 1.807) is 0 Å². The van der Waals surface area contributed by atoms with Gasteiger partial charge in [-0.05, 0) is 61.8 Å². The molecule has 2 bridgehead atoms. The number of rotatable bonds is 3. The summed E-state index contributed by atoms with van der Waals surface area (Å²) in [6.07, 6.45) is 2.74. The van der Waals surface area contributed by atoms with Crippen molar-refractivity contribution < 1.29 is 9.53 Å². The monoisotopic (exact) mass is 410 g/mol.